The number of alkyl halides is 2. The summed E-state index contributed by atoms with van der Waals surface area (Å²) in [7, 11) is 0. The van der Waals surface area contributed by atoms with Crippen molar-refractivity contribution in [3.8, 4) is 0 Å². The highest BCUT2D eigenvalue weighted by Gasteiger charge is 2.46. The third-order valence-corrected chi connectivity index (χ3v) is 3.77. The minimum Gasteiger partial charge on any atom is -0.382 e. The second-order valence-electron chi connectivity index (χ2n) is 5.23. The number of halogens is 3. The Labute approximate surface area is 119 Å². The zero-order valence-corrected chi connectivity index (χ0v) is 11.4. The smallest absolute Gasteiger partial charge is 0.269 e. The molecule has 0 aliphatic carbocycles. The summed E-state index contributed by atoms with van der Waals surface area (Å²) >= 11 is 0. The molecule has 1 aromatic heterocycles. The highest BCUT2D eigenvalue weighted by Crippen LogP contribution is 2.39. The van der Waals surface area contributed by atoms with Gasteiger partial charge in [0.2, 0.25) is 0 Å². The highest BCUT2D eigenvalue weighted by atomic mass is 19.3. The summed E-state index contributed by atoms with van der Waals surface area (Å²) in [4.78, 5) is 3.98. The van der Waals surface area contributed by atoms with E-state index >= 15 is 0 Å². The van der Waals surface area contributed by atoms with Gasteiger partial charge in [-0.05, 0) is 25.1 Å². The lowest BCUT2D eigenvalue weighted by Gasteiger charge is -2.34. The molecule has 1 aliphatic rings. The molecule has 0 radical (unpaired) electrons. The first-order valence-corrected chi connectivity index (χ1v) is 6.49. The Kier molecular flexibility index (Phi) is 3.04. The number of aromatic nitrogens is 1. The molecule has 2 N–H and O–H groups in total. The van der Waals surface area contributed by atoms with Gasteiger partial charge in [0.05, 0.1) is 12.2 Å². The van der Waals surface area contributed by atoms with E-state index in [0.717, 1.165) is 0 Å². The van der Waals surface area contributed by atoms with Crippen molar-refractivity contribution in [2.75, 3.05) is 0 Å². The van der Waals surface area contributed by atoms with Gasteiger partial charge in [0, 0.05) is 11.8 Å². The molecule has 0 amide bonds. The Morgan fingerprint density at radius 2 is 2.10 bits per heavy atom. The van der Waals surface area contributed by atoms with Crippen LogP contribution in [0.3, 0.4) is 0 Å². The van der Waals surface area contributed by atoms with Gasteiger partial charge in [-0.2, -0.15) is 0 Å². The molecule has 0 saturated carbocycles. The number of fused-ring (bicyclic) bond motifs is 1. The minimum atomic E-state index is -2.87. The maximum Gasteiger partial charge on any atom is 0.269 e. The van der Waals surface area contributed by atoms with Gasteiger partial charge in [0.25, 0.3) is 6.43 Å². The van der Waals surface area contributed by atoms with Crippen LogP contribution < -0.4 is 5.73 Å². The van der Waals surface area contributed by atoms with E-state index in [9.17, 15) is 13.2 Å². The lowest BCUT2D eigenvalue weighted by atomic mass is 9.87. The van der Waals surface area contributed by atoms with Crippen molar-refractivity contribution >= 4 is 5.84 Å². The Morgan fingerprint density at radius 3 is 2.81 bits per heavy atom. The van der Waals surface area contributed by atoms with Gasteiger partial charge in [-0.1, -0.05) is 17.7 Å². The molecule has 1 aliphatic heterocycles. The number of rotatable bonds is 2. The van der Waals surface area contributed by atoms with E-state index in [1.165, 1.54) is 18.2 Å². The minimum absolute atomic E-state index is 0.00699. The average molecular weight is 293 g/mol. The maximum atomic E-state index is 14.1. The lowest BCUT2D eigenvalue weighted by molar-refractivity contribution is 0.0387. The maximum absolute atomic E-state index is 14.1. The van der Waals surface area contributed by atoms with E-state index < -0.39 is 17.8 Å². The fraction of sp³-hybridized carbons (Fsp3) is 0.267. The molecule has 0 saturated heterocycles. The molecule has 3 rings (SSSR count). The van der Waals surface area contributed by atoms with Crippen molar-refractivity contribution in [1.29, 1.82) is 0 Å². The van der Waals surface area contributed by atoms with E-state index in [1.54, 1.807) is 29.8 Å². The van der Waals surface area contributed by atoms with Gasteiger partial charge in [-0.25, -0.2) is 18.2 Å². The van der Waals surface area contributed by atoms with E-state index in [0.29, 0.717) is 11.3 Å². The van der Waals surface area contributed by atoms with Crippen LogP contribution in [0.2, 0.25) is 0 Å². The molecular formula is C15H14F3N3. The van der Waals surface area contributed by atoms with E-state index in [4.69, 9.17) is 5.73 Å². The SMILES string of the molecule is Cc1ccc(F)c(C2(C(F)F)Cn3cccc3C(N)=N2)c1. The molecule has 2 aromatic rings. The van der Waals surface area contributed by atoms with Crippen LogP contribution in [0.4, 0.5) is 13.2 Å². The Balaban J connectivity index is 2.23. The van der Waals surface area contributed by atoms with E-state index in [2.05, 4.69) is 4.99 Å². The summed E-state index contributed by atoms with van der Waals surface area (Å²) in [6, 6.07) is 7.53. The standard InChI is InChI=1S/C15H14F3N3/c1-9-4-5-11(16)10(7-9)15(14(17)18)8-21-6-2-3-12(21)13(19)20-15/h2-7,14H,8H2,1H3,(H2,19,20). The molecule has 0 fully saturated rings. The van der Waals surface area contributed by atoms with Crippen LogP contribution >= 0.6 is 0 Å². The van der Waals surface area contributed by atoms with Crippen molar-refractivity contribution in [2.24, 2.45) is 10.7 Å². The first-order valence-electron chi connectivity index (χ1n) is 6.49. The molecule has 1 atom stereocenters. The molecular weight excluding hydrogens is 279 g/mol. The number of hydrogen-bond donors (Lipinski definition) is 1. The number of nitrogens with two attached hydrogens (primary N) is 1. The van der Waals surface area contributed by atoms with Crippen molar-refractivity contribution in [1.82, 2.24) is 4.57 Å². The third-order valence-electron chi connectivity index (χ3n) is 3.77. The van der Waals surface area contributed by atoms with Crippen LogP contribution in [0.15, 0.2) is 41.5 Å². The second kappa shape index (κ2) is 4.65. The third kappa shape index (κ3) is 2.02. The zero-order valence-electron chi connectivity index (χ0n) is 11.4. The first kappa shape index (κ1) is 13.7. The Morgan fingerprint density at radius 1 is 1.33 bits per heavy atom. The number of aryl methyl sites for hydroxylation is 1. The fourth-order valence-corrected chi connectivity index (χ4v) is 2.70. The number of hydrogen-bond acceptors (Lipinski definition) is 2. The summed E-state index contributed by atoms with van der Waals surface area (Å²) < 4.78 is 43.3. The monoisotopic (exact) mass is 293 g/mol. The molecule has 0 spiro atoms. The van der Waals surface area contributed by atoms with Crippen molar-refractivity contribution < 1.29 is 13.2 Å². The highest BCUT2D eigenvalue weighted by molar-refractivity contribution is 5.97. The average Bonchev–Trinajstić information content (AvgIpc) is 2.89. The van der Waals surface area contributed by atoms with Gasteiger partial charge >= 0.3 is 0 Å². The Bertz CT molecular complexity index is 721. The lowest BCUT2D eigenvalue weighted by Crippen LogP contribution is -2.44. The van der Waals surface area contributed by atoms with E-state index in [1.807, 2.05) is 0 Å². The zero-order chi connectivity index (χ0) is 15.2. The van der Waals surface area contributed by atoms with Gasteiger partial charge in [-0.15, -0.1) is 0 Å². The van der Waals surface area contributed by atoms with Crippen LogP contribution in [0.5, 0.6) is 0 Å². The molecule has 1 unspecified atom stereocenters. The summed E-state index contributed by atoms with van der Waals surface area (Å²) in [5.41, 5.74) is 4.95. The normalized spacial score (nSPS) is 21.3. The van der Waals surface area contributed by atoms with Crippen LogP contribution in [-0.2, 0) is 12.1 Å². The van der Waals surface area contributed by atoms with Gasteiger partial charge in [0.15, 0.2) is 5.54 Å². The summed E-state index contributed by atoms with van der Waals surface area (Å²) in [6.45, 7) is 1.58. The van der Waals surface area contributed by atoms with Gasteiger partial charge < -0.3 is 10.3 Å². The number of benzene rings is 1. The molecule has 1 aromatic carbocycles. The van der Waals surface area contributed by atoms with Gasteiger partial charge in [0.1, 0.15) is 11.7 Å². The number of aliphatic imine (C=N–C) groups is 1. The van der Waals surface area contributed by atoms with Crippen LogP contribution in [0.1, 0.15) is 16.8 Å². The molecule has 6 heteroatoms. The molecule has 21 heavy (non-hydrogen) atoms. The van der Waals surface area contributed by atoms with Crippen LogP contribution in [-0.4, -0.2) is 16.8 Å². The number of nitrogens with zero attached hydrogens (tertiary/aromatic N) is 2. The van der Waals surface area contributed by atoms with Crippen LogP contribution in [0.25, 0.3) is 0 Å². The quantitative estimate of drug-likeness (QED) is 0.909. The summed E-state index contributed by atoms with van der Waals surface area (Å²) in [6.07, 6.45) is -1.23. The van der Waals surface area contributed by atoms with Gasteiger partial charge in [-0.3, -0.25) is 0 Å². The summed E-state index contributed by atoms with van der Waals surface area (Å²) in [5.74, 6) is -0.708. The second-order valence-corrected chi connectivity index (χ2v) is 5.23. The van der Waals surface area contributed by atoms with Crippen molar-refractivity contribution in [3.63, 3.8) is 0 Å². The first-order chi connectivity index (χ1) is 9.94. The molecule has 2 heterocycles. The molecule has 3 nitrogen and oxygen atoms in total. The predicted octanol–water partition coefficient (Wildman–Crippen LogP) is 2.82. The largest absolute Gasteiger partial charge is 0.382 e. The van der Waals surface area contributed by atoms with E-state index in [-0.39, 0.29) is 17.9 Å². The Hall–Kier alpha value is -2.24. The predicted molar refractivity (Wildman–Crippen MR) is 74.0 cm³/mol. The van der Waals surface area contributed by atoms with Crippen molar-refractivity contribution in [2.45, 2.75) is 25.4 Å². The fourth-order valence-electron chi connectivity index (χ4n) is 2.70. The molecule has 0 bridgehead atoms. The molecule has 110 valence electrons. The number of amidine groups is 1. The summed E-state index contributed by atoms with van der Waals surface area (Å²) in [5, 5.41) is 0. The van der Waals surface area contributed by atoms with Crippen molar-refractivity contribution in [3.05, 3.63) is 59.2 Å². The topological polar surface area (TPSA) is 43.3 Å². The van der Waals surface area contributed by atoms with Crippen LogP contribution in [0, 0.1) is 12.7 Å².